The Morgan fingerprint density at radius 1 is 0.769 bits per heavy atom. The first-order chi connectivity index (χ1) is 6.45. The van der Waals surface area contributed by atoms with Gasteiger partial charge in [0, 0.05) is 12.1 Å². The number of fused-ring (bicyclic) bond motifs is 2. The highest BCUT2D eigenvalue weighted by molar-refractivity contribution is 4.96. The normalized spacial score (nSPS) is 45.7. The first-order valence-corrected chi connectivity index (χ1v) is 6.21. The summed E-state index contributed by atoms with van der Waals surface area (Å²) in [5, 5.41) is 0. The third-order valence-corrected chi connectivity index (χ3v) is 4.60. The molecule has 1 atom stereocenters. The lowest BCUT2D eigenvalue weighted by molar-refractivity contribution is -0.00998. The summed E-state index contributed by atoms with van der Waals surface area (Å²) in [6.45, 7) is 1.42. The zero-order valence-corrected chi connectivity index (χ0v) is 8.54. The summed E-state index contributed by atoms with van der Waals surface area (Å²) >= 11 is 0. The number of nitrogens with zero attached hydrogens (tertiary/aromatic N) is 1. The molecule has 1 saturated carbocycles. The predicted octanol–water partition coefficient (Wildman–Crippen LogP) is 2.80. The minimum absolute atomic E-state index is 0.994. The molecular formula is C12H21N. The molecule has 4 rings (SSSR count). The summed E-state index contributed by atoms with van der Waals surface area (Å²) in [5.41, 5.74) is 0. The van der Waals surface area contributed by atoms with Crippen LogP contribution in [0.25, 0.3) is 0 Å². The monoisotopic (exact) mass is 179 g/mol. The van der Waals surface area contributed by atoms with Gasteiger partial charge >= 0.3 is 0 Å². The summed E-state index contributed by atoms with van der Waals surface area (Å²) < 4.78 is 0. The van der Waals surface area contributed by atoms with Crippen LogP contribution in [0.4, 0.5) is 0 Å². The van der Waals surface area contributed by atoms with Crippen molar-refractivity contribution in [3.8, 4) is 0 Å². The largest absolute Gasteiger partial charge is 0.297 e. The molecule has 0 aromatic heterocycles. The Balaban J connectivity index is 1.81. The van der Waals surface area contributed by atoms with Crippen molar-refractivity contribution in [1.29, 1.82) is 0 Å². The standard InChI is InChI=1S/C12H21N/c1-2-4-12-10-5-7-11(8-6-10)13(12)9-3-1/h10-12H,1-9H2. The van der Waals surface area contributed by atoms with Gasteiger partial charge in [0.25, 0.3) is 0 Å². The molecule has 3 heterocycles. The van der Waals surface area contributed by atoms with Crippen LogP contribution < -0.4 is 0 Å². The third kappa shape index (κ3) is 1.32. The van der Waals surface area contributed by atoms with Gasteiger partial charge < -0.3 is 0 Å². The maximum Gasteiger partial charge on any atom is 0.0126 e. The summed E-state index contributed by atoms with van der Waals surface area (Å²) in [5.74, 6) is 1.09. The highest BCUT2D eigenvalue weighted by atomic mass is 15.2. The Bertz CT molecular complexity index is 162. The van der Waals surface area contributed by atoms with E-state index in [2.05, 4.69) is 4.90 Å². The average Bonchev–Trinajstić information content (AvgIpc) is 2.45. The topological polar surface area (TPSA) is 3.24 Å². The molecule has 0 amide bonds. The molecule has 0 aromatic rings. The minimum atomic E-state index is 0.994. The van der Waals surface area contributed by atoms with Crippen molar-refractivity contribution >= 4 is 0 Å². The van der Waals surface area contributed by atoms with Gasteiger partial charge in [-0.25, -0.2) is 0 Å². The van der Waals surface area contributed by atoms with E-state index in [1.54, 1.807) is 12.8 Å². The van der Waals surface area contributed by atoms with Crippen LogP contribution in [-0.2, 0) is 0 Å². The molecule has 0 N–H and O–H groups in total. The Kier molecular flexibility index (Phi) is 2.08. The summed E-state index contributed by atoms with van der Waals surface area (Å²) in [6.07, 6.45) is 12.1. The molecule has 0 aromatic carbocycles. The van der Waals surface area contributed by atoms with Gasteiger partial charge in [0.05, 0.1) is 0 Å². The van der Waals surface area contributed by atoms with E-state index >= 15 is 0 Å². The lowest BCUT2D eigenvalue weighted by atomic mass is 9.73. The van der Waals surface area contributed by atoms with Gasteiger partial charge in [-0.15, -0.1) is 0 Å². The molecular weight excluding hydrogens is 158 g/mol. The Labute approximate surface area is 81.5 Å². The smallest absolute Gasteiger partial charge is 0.0126 e. The zero-order chi connectivity index (χ0) is 8.67. The van der Waals surface area contributed by atoms with Crippen LogP contribution in [0.3, 0.4) is 0 Å². The third-order valence-electron chi connectivity index (χ3n) is 4.60. The van der Waals surface area contributed by atoms with E-state index in [-0.39, 0.29) is 0 Å². The van der Waals surface area contributed by atoms with Gasteiger partial charge in [-0.3, -0.25) is 4.90 Å². The molecule has 4 fully saturated rings. The van der Waals surface area contributed by atoms with Crippen molar-refractivity contribution < 1.29 is 0 Å². The van der Waals surface area contributed by atoms with Gasteiger partial charge in [-0.1, -0.05) is 12.8 Å². The van der Waals surface area contributed by atoms with Crippen LogP contribution in [-0.4, -0.2) is 23.5 Å². The molecule has 3 saturated heterocycles. The van der Waals surface area contributed by atoms with Gasteiger partial charge in [0.1, 0.15) is 0 Å². The average molecular weight is 179 g/mol. The summed E-state index contributed by atoms with van der Waals surface area (Å²) in [7, 11) is 0. The van der Waals surface area contributed by atoms with Crippen LogP contribution in [0.5, 0.6) is 0 Å². The van der Waals surface area contributed by atoms with Gasteiger partial charge in [0.15, 0.2) is 0 Å². The molecule has 3 aliphatic heterocycles. The van der Waals surface area contributed by atoms with E-state index in [9.17, 15) is 0 Å². The van der Waals surface area contributed by atoms with E-state index in [0.717, 1.165) is 18.0 Å². The second-order valence-electron chi connectivity index (χ2n) is 5.22. The lowest BCUT2D eigenvalue weighted by Gasteiger charge is -2.51. The highest BCUT2D eigenvalue weighted by Gasteiger charge is 2.41. The van der Waals surface area contributed by atoms with E-state index in [1.165, 1.54) is 45.1 Å². The Morgan fingerprint density at radius 2 is 1.62 bits per heavy atom. The molecule has 74 valence electrons. The van der Waals surface area contributed by atoms with Crippen LogP contribution in [0.2, 0.25) is 0 Å². The number of hydrogen-bond donors (Lipinski definition) is 0. The summed E-state index contributed by atoms with van der Waals surface area (Å²) in [4.78, 5) is 2.88. The molecule has 1 unspecified atom stereocenters. The quantitative estimate of drug-likeness (QED) is 0.552. The number of rotatable bonds is 0. The van der Waals surface area contributed by atoms with Crippen molar-refractivity contribution in [1.82, 2.24) is 4.90 Å². The van der Waals surface area contributed by atoms with Crippen molar-refractivity contribution in [3.63, 3.8) is 0 Å². The first-order valence-electron chi connectivity index (χ1n) is 6.21. The number of piperidine rings is 2. The second-order valence-corrected chi connectivity index (χ2v) is 5.22. The van der Waals surface area contributed by atoms with Crippen molar-refractivity contribution in [2.45, 2.75) is 63.5 Å². The number of hydrogen-bond acceptors (Lipinski definition) is 1. The summed E-state index contributed by atoms with van der Waals surface area (Å²) in [6, 6.07) is 2.00. The fourth-order valence-electron chi connectivity index (χ4n) is 3.93. The van der Waals surface area contributed by atoms with E-state index in [1.807, 2.05) is 0 Å². The van der Waals surface area contributed by atoms with Crippen LogP contribution in [0, 0.1) is 5.92 Å². The van der Waals surface area contributed by atoms with Gasteiger partial charge in [-0.2, -0.15) is 0 Å². The Morgan fingerprint density at radius 3 is 2.46 bits per heavy atom. The Hall–Kier alpha value is -0.0400. The molecule has 2 bridgehead atoms. The predicted molar refractivity (Wildman–Crippen MR) is 54.7 cm³/mol. The maximum atomic E-state index is 2.88. The van der Waals surface area contributed by atoms with E-state index in [0.29, 0.717) is 0 Å². The fourth-order valence-corrected chi connectivity index (χ4v) is 3.93. The van der Waals surface area contributed by atoms with Crippen molar-refractivity contribution in [2.75, 3.05) is 6.54 Å². The van der Waals surface area contributed by atoms with Gasteiger partial charge in [-0.05, 0) is 51.0 Å². The zero-order valence-electron chi connectivity index (χ0n) is 8.54. The molecule has 4 aliphatic rings. The molecule has 13 heavy (non-hydrogen) atoms. The minimum Gasteiger partial charge on any atom is -0.297 e. The first kappa shape index (κ1) is 8.28. The molecule has 0 spiro atoms. The van der Waals surface area contributed by atoms with Gasteiger partial charge in [0.2, 0.25) is 0 Å². The molecule has 1 nitrogen and oxygen atoms in total. The fraction of sp³-hybridized carbons (Fsp3) is 1.00. The molecule has 1 aliphatic carbocycles. The molecule has 0 radical (unpaired) electrons. The molecule has 1 heteroatoms. The second kappa shape index (κ2) is 3.27. The van der Waals surface area contributed by atoms with Crippen molar-refractivity contribution in [3.05, 3.63) is 0 Å². The van der Waals surface area contributed by atoms with Crippen molar-refractivity contribution in [2.24, 2.45) is 5.92 Å². The van der Waals surface area contributed by atoms with Crippen LogP contribution >= 0.6 is 0 Å². The SMILES string of the molecule is C1CCC2C3CCC(CC3)N2CC1. The van der Waals surface area contributed by atoms with E-state index < -0.39 is 0 Å². The lowest BCUT2D eigenvalue weighted by Crippen LogP contribution is -2.54. The van der Waals surface area contributed by atoms with E-state index in [4.69, 9.17) is 0 Å². The highest BCUT2D eigenvalue weighted by Crippen LogP contribution is 2.42. The van der Waals surface area contributed by atoms with Crippen LogP contribution in [0.15, 0.2) is 0 Å². The van der Waals surface area contributed by atoms with Crippen LogP contribution in [0.1, 0.15) is 51.4 Å². The maximum absolute atomic E-state index is 2.88.